The average molecular weight is 414 g/mol. The van der Waals surface area contributed by atoms with E-state index in [9.17, 15) is 0 Å². The molecule has 3 aromatic rings. The molecule has 1 fully saturated rings. The van der Waals surface area contributed by atoms with E-state index in [1.54, 1.807) is 30.4 Å². The van der Waals surface area contributed by atoms with Gasteiger partial charge in [-0.1, -0.05) is 12.1 Å². The van der Waals surface area contributed by atoms with Gasteiger partial charge in [-0.25, -0.2) is 0 Å². The number of tetrazole rings is 1. The smallest absolute Gasteiger partial charge is 0.214 e. The minimum absolute atomic E-state index is 0.516. The first kappa shape index (κ1) is 20.0. The molecule has 1 saturated heterocycles. The van der Waals surface area contributed by atoms with Crippen LogP contribution >= 0.6 is 11.3 Å². The molecule has 7 nitrogen and oxygen atoms in total. The van der Waals surface area contributed by atoms with Gasteiger partial charge in [0.1, 0.15) is 5.75 Å². The largest absolute Gasteiger partial charge is 0.496 e. The lowest BCUT2D eigenvalue weighted by atomic mass is 9.97. The number of rotatable bonds is 8. The fourth-order valence-electron chi connectivity index (χ4n) is 3.95. The zero-order valence-electron chi connectivity index (χ0n) is 17.0. The van der Waals surface area contributed by atoms with Gasteiger partial charge in [0, 0.05) is 25.8 Å². The van der Waals surface area contributed by atoms with Crippen molar-refractivity contribution in [1.29, 1.82) is 0 Å². The first-order valence-electron chi connectivity index (χ1n) is 9.94. The summed E-state index contributed by atoms with van der Waals surface area (Å²) in [6, 6.07) is 10.3. The van der Waals surface area contributed by atoms with Crippen LogP contribution in [0.25, 0.3) is 10.7 Å². The van der Waals surface area contributed by atoms with E-state index < -0.39 is 0 Å². The Morgan fingerprint density at radius 3 is 2.97 bits per heavy atom. The van der Waals surface area contributed by atoms with Gasteiger partial charge in [0.2, 0.25) is 5.82 Å². The Morgan fingerprint density at radius 2 is 2.17 bits per heavy atom. The number of piperidine rings is 1. The molecule has 0 bridgehead atoms. The summed E-state index contributed by atoms with van der Waals surface area (Å²) in [7, 11) is 3.45. The number of benzene rings is 1. The summed E-state index contributed by atoms with van der Waals surface area (Å²) in [4.78, 5) is 5.31. The number of aromatic nitrogens is 4. The zero-order chi connectivity index (χ0) is 20.1. The molecule has 0 unspecified atom stereocenters. The molecule has 1 aliphatic heterocycles. The van der Waals surface area contributed by atoms with Crippen molar-refractivity contribution in [2.75, 3.05) is 27.3 Å². The first-order chi connectivity index (χ1) is 14.2. The molecular weight excluding hydrogens is 386 g/mol. The van der Waals surface area contributed by atoms with Gasteiger partial charge < -0.3 is 9.47 Å². The predicted molar refractivity (Wildman–Crippen MR) is 113 cm³/mol. The maximum Gasteiger partial charge on any atom is 0.214 e. The van der Waals surface area contributed by atoms with Crippen molar-refractivity contribution in [3.8, 4) is 16.5 Å². The molecule has 8 heteroatoms. The quantitative estimate of drug-likeness (QED) is 0.563. The van der Waals surface area contributed by atoms with E-state index in [2.05, 4.69) is 32.4 Å². The molecular formula is C21H27N5O2S. The Hall–Kier alpha value is -2.29. The molecule has 1 aromatic carbocycles. The molecule has 4 rings (SSSR count). The molecule has 3 heterocycles. The van der Waals surface area contributed by atoms with Gasteiger partial charge in [-0.2, -0.15) is 4.80 Å². The van der Waals surface area contributed by atoms with E-state index in [0.717, 1.165) is 36.8 Å². The van der Waals surface area contributed by atoms with Crippen LogP contribution in [0.3, 0.4) is 0 Å². The number of ether oxygens (including phenoxy) is 2. The molecule has 154 valence electrons. The van der Waals surface area contributed by atoms with E-state index in [0.29, 0.717) is 18.3 Å². The van der Waals surface area contributed by atoms with Crippen molar-refractivity contribution in [2.45, 2.75) is 32.5 Å². The van der Waals surface area contributed by atoms with Gasteiger partial charge in [-0.15, -0.1) is 21.5 Å². The lowest BCUT2D eigenvalue weighted by molar-refractivity contribution is 0.148. The van der Waals surface area contributed by atoms with Crippen LogP contribution in [-0.4, -0.2) is 52.4 Å². The summed E-state index contributed by atoms with van der Waals surface area (Å²) in [5, 5.41) is 15.1. The van der Waals surface area contributed by atoms with E-state index in [-0.39, 0.29) is 0 Å². The minimum Gasteiger partial charge on any atom is -0.496 e. The highest BCUT2D eigenvalue weighted by atomic mass is 32.1. The summed E-state index contributed by atoms with van der Waals surface area (Å²) in [6.45, 7) is 4.41. The van der Waals surface area contributed by atoms with E-state index in [4.69, 9.17) is 9.47 Å². The normalized spacial score (nSPS) is 17.5. The number of hydrogen-bond acceptors (Lipinski definition) is 7. The van der Waals surface area contributed by atoms with Crippen molar-refractivity contribution >= 4 is 11.3 Å². The molecule has 0 saturated carbocycles. The molecule has 0 amide bonds. The summed E-state index contributed by atoms with van der Waals surface area (Å²) >= 11 is 1.64. The molecule has 1 aliphatic rings. The van der Waals surface area contributed by atoms with E-state index in [1.165, 1.54) is 24.0 Å². The molecule has 29 heavy (non-hydrogen) atoms. The molecule has 0 N–H and O–H groups in total. The number of nitrogens with zero attached hydrogens (tertiary/aromatic N) is 5. The number of methoxy groups -OCH3 is 2. The molecule has 1 atom stereocenters. The summed E-state index contributed by atoms with van der Waals surface area (Å²) in [5.74, 6) is 2.17. The zero-order valence-corrected chi connectivity index (χ0v) is 17.8. The van der Waals surface area contributed by atoms with Gasteiger partial charge in [0.05, 0.1) is 25.1 Å². The van der Waals surface area contributed by atoms with Crippen LogP contribution in [0.5, 0.6) is 5.75 Å². The first-order valence-corrected chi connectivity index (χ1v) is 10.8. The Morgan fingerprint density at radius 1 is 1.24 bits per heavy atom. The van der Waals surface area contributed by atoms with Gasteiger partial charge in [0.25, 0.3) is 0 Å². The highest BCUT2D eigenvalue weighted by Crippen LogP contribution is 2.26. The second-order valence-electron chi connectivity index (χ2n) is 7.47. The van der Waals surface area contributed by atoms with Crippen LogP contribution in [0.1, 0.15) is 24.0 Å². The summed E-state index contributed by atoms with van der Waals surface area (Å²) in [6.07, 6.45) is 2.37. The lowest BCUT2D eigenvalue weighted by Crippen LogP contribution is -2.37. The Balaban J connectivity index is 1.39. The SMILES string of the molecule is COCc1ccc(OC)c(CN2CCC[C@@H](Cn3nnc(-c4cccs4)n3)C2)c1. The van der Waals surface area contributed by atoms with Crippen LogP contribution in [0.4, 0.5) is 0 Å². The van der Waals surface area contributed by atoms with E-state index >= 15 is 0 Å². The minimum atomic E-state index is 0.516. The van der Waals surface area contributed by atoms with Gasteiger partial charge in [-0.05, 0) is 59.7 Å². The molecule has 0 spiro atoms. The van der Waals surface area contributed by atoms with Crippen LogP contribution in [-0.2, 0) is 24.4 Å². The van der Waals surface area contributed by atoms with Gasteiger partial charge >= 0.3 is 0 Å². The topological polar surface area (TPSA) is 65.3 Å². The molecule has 2 aromatic heterocycles. The van der Waals surface area contributed by atoms with Crippen LogP contribution < -0.4 is 4.74 Å². The third kappa shape index (κ3) is 5.01. The van der Waals surface area contributed by atoms with E-state index in [1.807, 2.05) is 23.6 Å². The lowest BCUT2D eigenvalue weighted by Gasteiger charge is -2.32. The summed E-state index contributed by atoms with van der Waals surface area (Å²) in [5.41, 5.74) is 2.38. The van der Waals surface area contributed by atoms with Crippen LogP contribution in [0.2, 0.25) is 0 Å². The second-order valence-corrected chi connectivity index (χ2v) is 8.42. The Labute approximate surface area is 175 Å². The van der Waals surface area contributed by atoms with Crippen molar-refractivity contribution < 1.29 is 9.47 Å². The highest BCUT2D eigenvalue weighted by molar-refractivity contribution is 7.13. The highest BCUT2D eigenvalue weighted by Gasteiger charge is 2.22. The van der Waals surface area contributed by atoms with Crippen LogP contribution in [0, 0.1) is 5.92 Å². The summed E-state index contributed by atoms with van der Waals surface area (Å²) < 4.78 is 10.9. The van der Waals surface area contributed by atoms with Crippen molar-refractivity contribution in [2.24, 2.45) is 5.92 Å². The Bertz CT molecular complexity index is 912. The maximum atomic E-state index is 5.58. The predicted octanol–water partition coefficient (Wildman–Crippen LogP) is 3.47. The van der Waals surface area contributed by atoms with Crippen molar-refractivity contribution in [1.82, 2.24) is 25.1 Å². The number of hydrogen-bond donors (Lipinski definition) is 0. The third-order valence-corrected chi connectivity index (χ3v) is 6.13. The Kier molecular flexibility index (Phi) is 6.53. The maximum absolute atomic E-state index is 5.58. The monoisotopic (exact) mass is 413 g/mol. The second kappa shape index (κ2) is 9.47. The van der Waals surface area contributed by atoms with Gasteiger partial charge in [0.15, 0.2) is 0 Å². The number of thiophene rings is 1. The van der Waals surface area contributed by atoms with Crippen molar-refractivity contribution in [3.63, 3.8) is 0 Å². The molecule has 0 aliphatic carbocycles. The average Bonchev–Trinajstić information content (AvgIpc) is 3.41. The third-order valence-electron chi connectivity index (χ3n) is 5.27. The molecule has 0 radical (unpaired) electrons. The van der Waals surface area contributed by atoms with Crippen LogP contribution in [0.15, 0.2) is 35.7 Å². The van der Waals surface area contributed by atoms with Crippen molar-refractivity contribution in [3.05, 3.63) is 46.8 Å². The number of likely N-dealkylation sites (tertiary alicyclic amines) is 1. The fourth-order valence-corrected chi connectivity index (χ4v) is 4.60. The standard InChI is InChI=1S/C21H27N5O2S/c1-27-15-16-7-8-19(28-2)18(11-16)14-25-9-3-5-17(12-25)13-26-23-21(22-24-26)20-6-4-10-29-20/h4,6-8,10-11,17H,3,5,9,12-15H2,1-2H3/t17-/m1/s1. The fraction of sp³-hybridized carbons (Fsp3) is 0.476. The van der Waals surface area contributed by atoms with Gasteiger partial charge in [-0.3, -0.25) is 4.90 Å².